The molecule has 0 saturated carbocycles. The van der Waals surface area contributed by atoms with E-state index in [4.69, 9.17) is 84.3 Å². The van der Waals surface area contributed by atoms with Gasteiger partial charge in [-0.25, -0.2) is 0 Å². The van der Waals surface area contributed by atoms with Crippen LogP contribution < -0.4 is 45.0 Å². The Balaban J connectivity index is 1.48. The summed E-state index contributed by atoms with van der Waals surface area (Å²) in [6, 6.07) is 40.7. The van der Waals surface area contributed by atoms with Crippen LogP contribution in [0.3, 0.4) is 0 Å². The highest BCUT2D eigenvalue weighted by Gasteiger charge is 2.58. The quantitative estimate of drug-likeness (QED) is 0.0797. The van der Waals surface area contributed by atoms with Gasteiger partial charge in [0.2, 0.25) is 0 Å². The van der Waals surface area contributed by atoms with E-state index in [2.05, 4.69) is 0 Å². The van der Waals surface area contributed by atoms with E-state index in [1.54, 1.807) is 146 Å². The van der Waals surface area contributed by atoms with Crippen molar-refractivity contribution in [3.63, 3.8) is 0 Å². The Kier molecular flexibility index (Phi) is 11.7. The molecule has 1 aliphatic heterocycles. The van der Waals surface area contributed by atoms with Gasteiger partial charge >= 0.3 is 24.6 Å². The fourth-order valence-corrected chi connectivity index (χ4v) is 12.4. The smallest absolute Gasteiger partial charge is 0.440 e. The van der Waals surface area contributed by atoms with Crippen molar-refractivity contribution in [2.45, 2.75) is 0 Å². The first-order valence-corrected chi connectivity index (χ1v) is 20.9. The zero-order chi connectivity index (χ0) is 37.7. The third-order valence-corrected chi connectivity index (χ3v) is 14.7. The van der Waals surface area contributed by atoms with Gasteiger partial charge in [0.05, 0.1) is 0 Å². The molecular formula is C36H30Cl3N6O6P3. The van der Waals surface area contributed by atoms with E-state index in [1.165, 1.54) is 9.21 Å². The van der Waals surface area contributed by atoms with Crippen LogP contribution in [0.25, 0.3) is 0 Å². The Hall–Kier alpha value is -4.60. The summed E-state index contributed by atoms with van der Waals surface area (Å²) in [6.07, 6.45) is 0. The van der Waals surface area contributed by atoms with Crippen molar-refractivity contribution >= 4 is 76.4 Å². The Labute approximate surface area is 328 Å². The molecule has 6 N–H and O–H groups in total. The van der Waals surface area contributed by atoms with Crippen molar-refractivity contribution in [3.05, 3.63) is 161 Å². The number of anilines is 3. The molecule has 1 heterocycles. The molecule has 54 heavy (non-hydrogen) atoms. The maximum absolute atomic E-state index is 6.87. The number of hydrogen-bond acceptors (Lipinski definition) is 12. The van der Waals surface area contributed by atoms with E-state index < -0.39 is 24.6 Å². The van der Waals surface area contributed by atoms with Gasteiger partial charge in [-0.3, -0.25) is 0 Å². The van der Waals surface area contributed by atoms with E-state index in [9.17, 15) is 0 Å². The normalized spacial score (nSPS) is 16.8. The molecule has 0 fully saturated rings. The lowest BCUT2D eigenvalue weighted by Gasteiger charge is -2.43. The number of halogens is 3. The molecule has 2 atom stereocenters. The predicted molar refractivity (Wildman–Crippen MR) is 218 cm³/mol. The highest BCUT2D eigenvalue weighted by atomic mass is 35.5. The molecule has 0 spiro atoms. The van der Waals surface area contributed by atoms with Gasteiger partial charge in [-0.05, 0) is 146 Å². The molecule has 276 valence electrons. The molecule has 0 radical (unpaired) electrons. The minimum Gasteiger partial charge on any atom is -0.440 e. The molecule has 18 heteroatoms. The number of nitrogen functional groups attached to an aromatic ring is 3. The number of nitrogens with zero attached hydrogens (tertiary/aromatic N) is 3. The summed E-state index contributed by atoms with van der Waals surface area (Å²) in [5, 5.41) is 1.49. The second-order valence-electron chi connectivity index (χ2n) is 11.2. The zero-order valence-electron chi connectivity index (χ0n) is 27.9. The van der Waals surface area contributed by atoms with Crippen LogP contribution in [0.4, 0.5) is 17.1 Å². The minimum absolute atomic E-state index is 0.352. The van der Waals surface area contributed by atoms with Crippen LogP contribution in [0.1, 0.15) is 0 Å². The second-order valence-corrected chi connectivity index (χ2v) is 18.0. The maximum Gasteiger partial charge on any atom is 0.447 e. The maximum atomic E-state index is 6.87. The Morgan fingerprint density at radius 2 is 0.796 bits per heavy atom. The molecule has 7 rings (SSSR count). The third kappa shape index (κ3) is 9.36. The number of hydrogen-bond donors (Lipinski definition) is 3. The van der Waals surface area contributed by atoms with Crippen LogP contribution in [0.2, 0.25) is 15.1 Å². The van der Waals surface area contributed by atoms with Crippen molar-refractivity contribution in [1.29, 1.82) is 0 Å². The molecule has 0 aliphatic carbocycles. The topological polar surface area (TPSA) is 152 Å². The van der Waals surface area contributed by atoms with E-state index in [0.717, 1.165) is 0 Å². The van der Waals surface area contributed by atoms with Crippen LogP contribution in [0.15, 0.2) is 150 Å². The molecule has 0 aromatic heterocycles. The molecule has 0 bridgehead atoms. The first-order valence-electron chi connectivity index (χ1n) is 15.9. The zero-order valence-corrected chi connectivity index (χ0v) is 32.8. The average Bonchev–Trinajstić information content (AvgIpc) is 3.16. The van der Waals surface area contributed by atoms with Crippen molar-refractivity contribution < 1.29 is 27.8 Å². The fourth-order valence-electron chi connectivity index (χ4n) is 4.52. The van der Waals surface area contributed by atoms with Gasteiger partial charge in [0, 0.05) is 41.3 Å². The van der Waals surface area contributed by atoms with Gasteiger partial charge in [0.15, 0.2) is 0 Å². The summed E-state index contributed by atoms with van der Waals surface area (Å²) >= 11 is 18.9. The second kappa shape index (κ2) is 16.8. The lowest BCUT2D eigenvalue weighted by Crippen LogP contribution is -2.37. The molecule has 2 unspecified atom stereocenters. The molecular weight excluding hydrogens is 812 g/mol. The third-order valence-electron chi connectivity index (χ3n) is 7.12. The number of benzene rings is 6. The van der Waals surface area contributed by atoms with E-state index in [1.807, 2.05) is 0 Å². The Morgan fingerprint density at radius 3 is 1.24 bits per heavy atom. The van der Waals surface area contributed by atoms with Crippen molar-refractivity contribution in [1.82, 2.24) is 9.21 Å². The van der Waals surface area contributed by atoms with Crippen LogP contribution >= 0.6 is 59.4 Å². The summed E-state index contributed by atoms with van der Waals surface area (Å²) in [6.45, 7) is 0. The van der Waals surface area contributed by atoms with Crippen molar-refractivity contribution in [3.8, 4) is 34.5 Å². The van der Waals surface area contributed by atoms with Crippen LogP contribution in [0.5, 0.6) is 34.5 Å². The van der Waals surface area contributed by atoms with Gasteiger partial charge in [-0.2, -0.15) is 0 Å². The number of nitrogens with two attached hydrogens (primary N) is 3. The lowest BCUT2D eigenvalue weighted by molar-refractivity contribution is 0.0546. The first kappa shape index (κ1) is 37.7. The first-order chi connectivity index (χ1) is 26.1. The number of rotatable bonds is 12. The molecule has 6 aromatic rings. The monoisotopic (exact) mass is 840 g/mol. The van der Waals surface area contributed by atoms with E-state index in [-0.39, 0.29) is 0 Å². The van der Waals surface area contributed by atoms with Crippen LogP contribution in [-0.4, -0.2) is 9.21 Å². The summed E-state index contributed by atoms with van der Waals surface area (Å²) in [5.74, 6) is 2.29. The standard InChI is InChI=1S/C36H30Cl3N6O6P3/c37-25-1-13-32(14-2-25)47-45-53(49-34-23-11-30(42)12-24-34)44(46-31-19-7-28(40)8-20-31)52(48-33-21-9-29(41)10-22-33)43-54(45,50-35-15-3-26(38)4-16-35)51-36-17-5-27(39)6-18-36/h1-24H,40-42H2. The lowest BCUT2D eigenvalue weighted by atomic mass is 10.3. The SMILES string of the molecule is Nc1ccc(ON2P(Oc3ccc(N)cc3)N=P(Oc3ccc(Cl)cc3)(Oc3ccc(Cl)cc3)N(Oc3ccc(Cl)cc3)P2Oc2ccc(N)cc2)cc1. The van der Waals surface area contributed by atoms with Crippen molar-refractivity contribution in [2.75, 3.05) is 17.2 Å². The Bertz CT molecular complexity index is 2180. The van der Waals surface area contributed by atoms with E-state index in [0.29, 0.717) is 66.6 Å². The predicted octanol–water partition coefficient (Wildman–Crippen LogP) is 12.0. The Morgan fingerprint density at radius 1 is 0.444 bits per heavy atom. The molecule has 0 amide bonds. The summed E-state index contributed by atoms with van der Waals surface area (Å²) in [4.78, 5) is 13.3. The molecule has 12 nitrogen and oxygen atoms in total. The highest BCUT2D eigenvalue weighted by molar-refractivity contribution is 7.78. The van der Waals surface area contributed by atoms with Crippen molar-refractivity contribution in [2.24, 2.45) is 4.52 Å². The summed E-state index contributed by atoms with van der Waals surface area (Å²) in [7, 11) is -8.55. The summed E-state index contributed by atoms with van der Waals surface area (Å²) < 4.78 is 35.4. The highest BCUT2D eigenvalue weighted by Crippen LogP contribution is 2.77. The summed E-state index contributed by atoms with van der Waals surface area (Å²) in [5.41, 5.74) is 19.7. The average molecular weight is 842 g/mol. The van der Waals surface area contributed by atoms with Gasteiger partial charge in [-0.1, -0.05) is 34.8 Å². The molecule has 6 aromatic carbocycles. The molecule has 0 saturated heterocycles. The van der Waals surface area contributed by atoms with Gasteiger partial charge in [0.25, 0.3) is 0 Å². The largest absolute Gasteiger partial charge is 0.447 e. The molecule has 1 aliphatic rings. The van der Waals surface area contributed by atoms with Gasteiger partial charge in [0.1, 0.15) is 34.5 Å². The minimum atomic E-state index is -3.97. The van der Waals surface area contributed by atoms with E-state index >= 15 is 0 Å². The van der Waals surface area contributed by atoms with Gasteiger partial charge < -0.3 is 45.0 Å². The van der Waals surface area contributed by atoms with Crippen LogP contribution in [0, 0.1) is 0 Å². The van der Waals surface area contributed by atoms with Gasteiger partial charge in [-0.15, -0.1) is 4.52 Å². The van der Waals surface area contributed by atoms with Crippen LogP contribution in [-0.2, 0) is 0 Å². The fraction of sp³-hybridized carbons (Fsp3) is 0.